The van der Waals surface area contributed by atoms with Crippen LogP contribution in [0.25, 0.3) is 27.9 Å². The Morgan fingerprint density at radius 1 is 1.10 bits per heavy atom. The average Bonchev–Trinajstić information content (AvgIpc) is 3.39. The van der Waals surface area contributed by atoms with Gasteiger partial charge in [0.15, 0.2) is 11.3 Å². The van der Waals surface area contributed by atoms with Crippen molar-refractivity contribution in [2.45, 2.75) is 31.7 Å². The first-order valence-corrected chi connectivity index (χ1v) is 14.4. The number of alkyl halides is 1. The molecule has 4 aromatic heterocycles. The van der Waals surface area contributed by atoms with E-state index >= 15 is 0 Å². The number of nitrogens with zero attached hydrogens (tertiary/aromatic N) is 7. The van der Waals surface area contributed by atoms with E-state index in [4.69, 9.17) is 14.8 Å². The molecule has 0 unspecified atom stereocenters. The Morgan fingerprint density at radius 2 is 1.90 bits per heavy atom. The summed E-state index contributed by atoms with van der Waals surface area (Å²) in [6.45, 7) is 5.67. The highest BCUT2D eigenvalue weighted by molar-refractivity contribution is 5.96. The fraction of sp³-hybridized carbons (Fsp3) is 0.355. The van der Waals surface area contributed by atoms with E-state index in [1.807, 2.05) is 37.4 Å². The minimum atomic E-state index is -1.000. The fourth-order valence-corrected chi connectivity index (χ4v) is 5.59. The molecule has 2 fully saturated rings. The number of imidazole rings is 1. The molecule has 1 saturated heterocycles. The highest BCUT2D eigenvalue weighted by Crippen LogP contribution is 2.33. The van der Waals surface area contributed by atoms with Crippen molar-refractivity contribution < 1.29 is 13.9 Å². The summed E-state index contributed by atoms with van der Waals surface area (Å²) in [6, 6.07) is 15.7. The number of fused-ring (bicyclic) bond motifs is 2. The van der Waals surface area contributed by atoms with Crippen LogP contribution in [0.4, 0.5) is 10.1 Å². The molecule has 2 atom stereocenters. The quantitative estimate of drug-likeness (QED) is 0.291. The van der Waals surface area contributed by atoms with Gasteiger partial charge in [-0.05, 0) is 23.8 Å². The average molecular weight is 569 g/mol. The van der Waals surface area contributed by atoms with Gasteiger partial charge in [0.1, 0.15) is 11.8 Å². The number of nitrogens with one attached hydrogen (secondary N) is 1. The van der Waals surface area contributed by atoms with E-state index < -0.39 is 12.2 Å². The lowest BCUT2D eigenvalue weighted by molar-refractivity contribution is 0.0365. The molecule has 7 rings (SSSR count). The zero-order valence-electron chi connectivity index (χ0n) is 23.5. The van der Waals surface area contributed by atoms with E-state index in [1.165, 1.54) is 6.20 Å². The highest BCUT2D eigenvalue weighted by atomic mass is 19.1. The summed E-state index contributed by atoms with van der Waals surface area (Å²) in [5.41, 5.74) is 5.31. The van der Waals surface area contributed by atoms with E-state index in [2.05, 4.69) is 49.1 Å². The molecule has 2 aliphatic rings. The Hall–Kier alpha value is -4.35. The van der Waals surface area contributed by atoms with Crippen LogP contribution in [-0.2, 0) is 17.8 Å². The van der Waals surface area contributed by atoms with Crippen molar-refractivity contribution in [3.63, 3.8) is 0 Å². The number of aromatic nitrogens is 5. The van der Waals surface area contributed by atoms with E-state index in [0.717, 1.165) is 67.2 Å². The number of carbonyl (C=O) groups is 1. The molecule has 1 saturated carbocycles. The summed E-state index contributed by atoms with van der Waals surface area (Å²) in [5, 5.41) is 8.69. The second-order valence-electron chi connectivity index (χ2n) is 11.0. The lowest BCUT2D eigenvalue weighted by Crippen LogP contribution is -2.38. The summed E-state index contributed by atoms with van der Waals surface area (Å²) in [6.07, 6.45) is 4.76. The Kier molecular flexibility index (Phi) is 7.04. The van der Waals surface area contributed by atoms with Gasteiger partial charge < -0.3 is 19.5 Å². The topological polar surface area (TPSA) is 92.8 Å². The third-order valence-electron chi connectivity index (χ3n) is 8.05. The van der Waals surface area contributed by atoms with Gasteiger partial charge in [0.25, 0.3) is 5.91 Å². The molecule has 5 aromatic rings. The molecule has 1 amide bonds. The zero-order valence-corrected chi connectivity index (χ0v) is 23.5. The number of morpholine rings is 1. The zero-order chi connectivity index (χ0) is 28.6. The monoisotopic (exact) mass is 568 g/mol. The molecule has 1 aromatic carbocycles. The van der Waals surface area contributed by atoms with E-state index in [-0.39, 0.29) is 11.6 Å². The maximum Gasteiger partial charge on any atom is 0.271 e. The van der Waals surface area contributed by atoms with E-state index in [1.54, 1.807) is 10.7 Å². The molecule has 1 aliphatic heterocycles. The molecular weight excluding hydrogens is 535 g/mol. The van der Waals surface area contributed by atoms with E-state index in [0.29, 0.717) is 24.3 Å². The third kappa shape index (κ3) is 5.21. The Morgan fingerprint density at radius 3 is 2.69 bits per heavy atom. The third-order valence-corrected chi connectivity index (χ3v) is 8.05. The Balaban J connectivity index is 1.30. The largest absolute Gasteiger partial charge is 0.379 e. The van der Waals surface area contributed by atoms with Gasteiger partial charge in [0.05, 0.1) is 36.8 Å². The number of benzene rings is 1. The predicted octanol–water partition coefficient (Wildman–Crippen LogP) is 3.55. The van der Waals surface area contributed by atoms with Crippen LogP contribution in [0.5, 0.6) is 0 Å². The van der Waals surface area contributed by atoms with Crippen molar-refractivity contribution in [3.8, 4) is 11.3 Å². The van der Waals surface area contributed by atoms with Crippen molar-refractivity contribution in [1.82, 2.24) is 34.4 Å². The molecule has 0 radical (unpaired) electrons. The molecule has 0 spiro atoms. The number of rotatable bonds is 9. The van der Waals surface area contributed by atoms with Gasteiger partial charge in [-0.3, -0.25) is 9.69 Å². The van der Waals surface area contributed by atoms with Gasteiger partial charge in [0.2, 0.25) is 0 Å². The number of ether oxygens (including phenoxy) is 1. The van der Waals surface area contributed by atoms with Crippen molar-refractivity contribution >= 4 is 28.3 Å². The van der Waals surface area contributed by atoms with Crippen LogP contribution in [0.2, 0.25) is 0 Å². The second kappa shape index (κ2) is 11.1. The van der Waals surface area contributed by atoms with Crippen LogP contribution in [0.15, 0.2) is 67.1 Å². The van der Waals surface area contributed by atoms with Gasteiger partial charge in [0, 0.05) is 69.5 Å². The summed E-state index contributed by atoms with van der Waals surface area (Å²) >= 11 is 0. The van der Waals surface area contributed by atoms with Crippen molar-refractivity contribution in [2.24, 2.45) is 0 Å². The molecule has 42 heavy (non-hydrogen) atoms. The molecule has 216 valence electrons. The lowest BCUT2D eigenvalue weighted by atomic mass is 10.1. The first-order chi connectivity index (χ1) is 20.5. The van der Waals surface area contributed by atoms with Crippen LogP contribution in [0.3, 0.4) is 0 Å². The van der Waals surface area contributed by atoms with Crippen molar-refractivity contribution in [2.75, 3.05) is 44.8 Å². The van der Waals surface area contributed by atoms with Gasteiger partial charge >= 0.3 is 0 Å². The number of hydrogen-bond donors (Lipinski definition) is 1. The van der Waals surface area contributed by atoms with E-state index in [9.17, 15) is 9.18 Å². The van der Waals surface area contributed by atoms with Gasteiger partial charge in [-0.1, -0.05) is 30.3 Å². The van der Waals surface area contributed by atoms with Crippen LogP contribution >= 0.6 is 0 Å². The number of amides is 1. The number of hydrogen-bond acceptors (Lipinski definition) is 7. The number of pyridine rings is 1. The SMILES string of the molecule is CN(Cc1ccccc1)c1cc(-c2cn(CCN3CCOCC3)c3ncccc23)nn2c(C(=O)N[C@@H]3C[C@@H]3F)cnc12. The first-order valence-electron chi connectivity index (χ1n) is 14.4. The molecule has 11 heteroatoms. The fourth-order valence-electron chi connectivity index (χ4n) is 5.59. The lowest BCUT2D eigenvalue weighted by Gasteiger charge is -2.26. The highest BCUT2D eigenvalue weighted by Gasteiger charge is 2.39. The molecular formula is C31H33FN8O2. The summed E-state index contributed by atoms with van der Waals surface area (Å²) < 4.78 is 22.9. The molecule has 10 nitrogen and oxygen atoms in total. The molecule has 5 heterocycles. The van der Waals surface area contributed by atoms with Crippen LogP contribution in [0.1, 0.15) is 22.5 Å². The summed E-state index contributed by atoms with van der Waals surface area (Å²) in [5.74, 6) is -0.386. The van der Waals surface area contributed by atoms with Crippen molar-refractivity contribution in [1.29, 1.82) is 0 Å². The van der Waals surface area contributed by atoms with Crippen LogP contribution < -0.4 is 10.2 Å². The molecule has 0 bridgehead atoms. The van der Waals surface area contributed by atoms with Crippen LogP contribution in [0, 0.1) is 0 Å². The number of halogens is 1. The smallest absolute Gasteiger partial charge is 0.271 e. The Labute approximate surface area is 242 Å². The predicted molar refractivity (Wildman–Crippen MR) is 158 cm³/mol. The van der Waals surface area contributed by atoms with Gasteiger partial charge in [-0.25, -0.2) is 18.9 Å². The number of anilines is 1. The van der Waals surface area contributed by atoms with Crippen LogP contribution in [-0.4, -0.2) is 87.1 Å². The summed E-state index contributed by atoms with van der Waals surface area (Å²) in [4.78, 5) is 27.0. The maximum atomic E-state index is 13.6. The minimum absolute atomic E-state index is 0.273. The minimum Gasteiger partial charge on any atom is -0.379 e. The standard InChI is InChI=1S/C31H33FN8O2/c1-37(19-21-6-3-2-4-7-21)27-17-25(36-40-28(18-34-30(27)40)31(41)35-26-16-24(26)32)23-20-39(29-22(23)8-5-9-33-29)11-10-38-12-14-42-15-13-38/h2-9,17-18,20,24,26H,10-16,19H2,1H3,(H,35,41)/t24-,26+/m0/s1. The Bertz CT molecular complexity index is 1730. The molecule has 1 N–H and O–H groups in total. The van der Waals surface area contributed by atoms with Crippen molar-refractivity contribution in [3.05, 3.63) is 78.4 Å². The van der Waals surface area contributed by atoms with Gasteiger partial charge in [-0.2, -0.15) is 5.10 Å². The second-order valence-corrected chi connectivity index (χ2v) is 11.0. The normalized spacial score (nSPS) is 18.9. The maximum absolute atomic E-state index is 13.6. The number of carbonyl (C=O) groups excluding carboxylic acids is 1. The first kappa shape index (κ1) is 26.5. The summed E-state index contributed by atoms with van der Waals surface area (Å²) in [7, 11) is 2.01. The van der Waals surface area contributed by atoms with Gasteiger partial charge in [-0.15, -0.1) is 0 Å². The molecule has 1 aliphatic carbocycles.